The number of thioether (sulfide) groups is 1. The van der Waals surface area contributed by atoms with Crippen molar-refractivity contribution < 1.29 is 9.53 Å². The first-order chi connectivity index (χ1) is 11.5. The first kappa shape index (κ1) is 16.5. The molecule has 7 nitrogen and oxygen atoms in total. The van der Waals surface area contributed by atoms with Crippen LogP contribution < -0.4 is 10.1 Å². The molecule has 1 aromatic carbocycles. The molecule has 1 amide bonds. The number of aryl methyl sites for hydroxylation is 1. The Morgan fingerprint density at radius 2 is 2.17 bits per heavy atom. The second-order valence-electron chi connectivity index (χ2n) is 5.72. The summed E-state index contributed by atoms with van der Waals surface area (Å²) in [5, 5.41) is 12.7. The summed E-state index contributed by atoms with van der Waals surface area (Å²) in [5.41, 5.74) is 2.47. The molecule has 3 rings (SSSR count). The Bertz CT molecular complexity index is 906. The van der Waals surface area contributed by atoms with Gasteiger partial charge in [-0.15, -0.1) is 10.2 Å². The smallest absolute Gasteiger partial charge is 0.230 e. The second-order valence-corrected chi connectivity index (χ2v) is 6.66. The van der Waals surface area contributed by atoms with Gasteiger partial charge in [0, 0.05) is 18.5 Å². The molecule has 8 heteroatoms. The molecule has 0 radical (unpaired) electrons. The van der Waals surface area contributed by atoms with E-state index in [9.17, 15) is 4.79 Å². The molecule has 0 saturated carbocycles. The van der Waals surface area contributed by atoms with Crippen LogP contribution in [0.3, 0.4) is 0 Å². The Morgan fingerprint density at radius 1 is 1.38 bits per heavy atom. The van der Waals surface area contributed by atoms with Gasteiger partial charge in [0.15, 0.2) is 5.65 Å². The number of rotatable bonds is 5. The first-order valence-electron chi connectivity index (χ1n) is 7.58. The number of carbonyl (C=O) groups is 1. The SMILES string of the molecule is COc1ccc2c(c1)c1nnc(SCC(=O)NC(C)C)nc1n2C. The van der Waals surface area contributed by atoms with Crippen LogP contribution in [0.25, 0.3) is 22.1 Å². The van der Waals surface area contributed by atoms with Crippen LogP contribution in [0.2, 0.25) is 0 Å². The predicted molar refractivity (Wildman–Crippen MR) is 94.4 cm³/mol. The number of ether oxygens (including phenoxy) is 1. The van der Waals surface area contributed by atoms with Crippen LogP contribution in [-0.2, 0) is 11.8 Å². The van der Waals surface area contributed by atoms with Crippen LogP contribution in [0.5, 0.6) is 5.75 Å². The molecule has 0 unspecified atom stereocenters. The van der Waals surface area contributed by atoms with E-state index in [1.165, 1.54) is 11.8 Å². The number of fused-ring (bicyclic) bond motifs is 3. The molecule has 1 N–H and O–H groups in total. The van der Waals surface area contributed by atoms with Crippen LogP contribution in [0.4, 0.5) is 0 Å². The molecule has 0 aliphatic carbocycles. The minimum atomic E-state index is -0.0412. The lowest BCUT2D eigenvalue weighted by Crippen LogP contribution is -2.31. The number of carbonyl (C=O) groups excluding carboxylic acids is 1. The van der Waals surface area contributed by atoms with E-state index < -0.39 is 0 Å². The van der Waals surface area contributed by atoms with Crippen LogP contribution >= 0.6 is 11.8 Å². The normalized spacial score (nSPS) is 11.4. The molecule has 0 saturated heterocycles. The maximum atomic E-state index is 11.7. The molecule has 2 aromatic heterocycles. The summed E-state index contributed by atoms with van der Waals surface area (Å²) in [6, 6.07) is 5.92. The number of hydrogen-bond donors (Lipinski definition) is 1. The van der Waals surface area contributed by atoms with Crippen molar-refractivity contribution in [3.05, 3.63) is 18.2 Å². The van der Waals surface area contributed by atoms with Gasteiger partial charge < -0.3 is 14.6 Å². The summed E-state index contributed by atoms with van der Waals surface area (Å²) in [6.07, 6.45) is 0. The fraction of sp³-hybridized carbons (Fsp3) is 0.375. The third-order valence-corrected chi connectivity index (χ3v) is 4.41. The standard InChI is InChI=1S/C16H19N5O2S/c1-9(2)17-13(22)8-24-16-18-15-14(19-20-16)11-7-10(23-4)5-6-12(11)21(15)3/h5-7,9H,8H2,1-4H3,(H,17,22). The molecule has 0 aliphatic heterocycles. The highest BCUT2D eigenvalue weighted by molar-refractivity contribution is 7.99. The summed E-state index contributed by atoms with van der Waals surface area (Å²) in [6.45, 7) is 3.85. The number of aromatic nitrogens is 4. The van der Waals surface area contributed by atoms with E-state index in [0.717, 1.165) is 27.8 Å². The molecular weight excluding hydrogens is 326 g/mol. The zero-order valence-corrected chi connectivity index (χ0v) is 14.8. The van der Waals surface area contributed by atoms with Gasteiger partial charge in [-0.25, -0.2) is 4.98 Å². The molecule has 3 aromatic rings. The van der Waals surface area contributed by atoms with Crippen LogP contribution in [0.15, 0.2) is 23.4 Å². The maximum absolute atomic E-state index is 11.7. The Morgan fingerprint density at radius 3 is 2.88 bits per heavy atom. The first-order valence-corrected chi connectivity index (χ1v) is 8.57. The third-order valence-electron chi connectivity index (χ3n) is 3.57. The maximum Gasteiger partial charge on any atom is 0.230 e. The number of nitrogens with zero attached hydrogens (tertiary/aromatic N) is 4. The number of methoxy groups -OCH3 is 1. The Kier molecular flexibility index (Phi) is 4.57. The average molecular weight is 345 g/mol. The van der Waals surface area contributed by atoms with Crippen molar-refractivity contribution in [1.29, 1.82) is 0 Å². The van der Waals surface area contributed by atoms with Crippen molar-refractivity contribution >= 4 is 39.7 Å². The van der Waals surface area contributed by atoms with Crippen molar-refractivity contribution in [3.63, 3.8) is 0 Å². The summed E-state index contributed by atoms with van der Waals surface area (Å²) in [4.78, 5) is 16.3. The Hall–Kier alpha value is -2.35. The molecule has 0 bridgehead atoms. The number of benzene rings is 1. The fourth-order valence-electron chi connectivity index (χ4n) is 2.50. The van der Waals surface area contributed by atoms with Gasteiger partial charge in [0.1, 0.15) is 11.3 Å². The van der Waals surface area contributed by atoms with Crippen LogP contribution in [-0.4, -0.2) is 44.6 Å². The monoisotopic (exact) mass is 345 g/mol. The highest BCUT2D eigenvalue weighted by atomic mass is 32.2. The number of nitrogens with one attached hydrogen (secondary N) is 1. The minimum absolute atomic E-state index is 0.0412. The van der Waals surface area contributed by atoms with Crippen molar-refractivity contribution in [2.45, 2.75) is 25.0 Å². The molecule has 2 heterocycles. The van der Waals surface area contributed by atoms with Crippen molar-refractivity contribution in [2.24, 2.45) is 7.05 Å². The highest BCUT2D eigenvalue weighted by Crippen LogP contribution is 2.29. The quantitative estimate of drug-likeness (QED) is 0.714. The molecule has 0 atom stereocenters. The molecule has 24 heavy (non-hydrogen) atoms. The molecule has 0 spiro atoms. The van der Waals surface area contributed by atoms with Gasteiger partial charge in [-0.1, -0.05) is 11.8 Å². The Balaban J connectivity index is 1.92. The van der Waals surface area contributed by atoms with Gasteiger partial charge in [-0.05, 0) is 32.0 Å². The molecule has 0 aliphatic rings. The topological polar surface area (TPSA) is 81.9 Å². The van der Waals surface area contributed by atoms with Gasteiger partial charge in [-0.2, -0.15) is 0 Å². The van der Waals surface area contributed by atoms with Crippen LogP contribution in [0.1, 0.15) is 13.8 Å². The van der Waals surface area contributed by atoms with Gasteiger partial charge in [-0.3, -0.25) is 4.79 Å². The van der Waals surface area contributed by atoms with E-state index in [1.54, 1.807) is 7.11 Å². The van der Waals surface area contributed by atoms with E-state index in [4.69, 9.17) is 4.74 Å². The lowest BCUT2D eigenvalue weighted by atomic mass is 10.2. The largest absolute Gasteiger partial charge is 0.497 e. The zero-order chi connectivity index (χ0) is 17.3. The molecule has 0 fully saturated rings. The molecular formula is C16H19N5O2S. The third kappa shape index (κ3) is 3.14. The lowest BCUT2D eigenvalue weighted by Gasteiger charge is -2.07. The summed E-state index contributed by atoms with van der Waals surface area (Å²) >= 11 is 1.28. The van der Waals surface area contributed by atoms with E-state index >= 15 is 0 Å². The molecule has 126 valence electrons. The lowest BCUT2D eigenvalue weighted by molar-refractivity contribution is -0.119. The average Bonchev–Trinajstić information content (AvgIpc) is 2.84. The van der Waals surface area contributed by atoms with Gasteiger partial charge in [0.25, 0.3) is 0 Å². The Labute approximate surface area is 143 Å². The number of amides is 1. The van der Waals surface area contributed by atoms with Crippen molar-refractivity contribution in [2.75, 3.05) is 12.9 Å². The second kappa shape index (κ2) is 6.64. The van der Waals surface area contributed by atoms with E-state index in [0.29, 0.717) is 5.16 Å². The predicted octanol–water partition coefficient (Wildman–Crippen LogP) is 2.14. The van der Waals surface area contributed by atoms with Crippen molar-refractivity contribution in [1.82, 2.24) is 25.1 Å². The van der Waals surface area contributed by atoms with E-state index in [-0.39, 0.29) is 17.7 Å². The summed E-state index contributed by atoms with van der Waals surface area (Å²) < 4.78 is 7.24. The fourth-order valence-corrected chi connectivity index (χ4v) is 3.10. The highest BCUT2D eigenvalue weighted by Gasteiger charge is 2.14. The summed E-state index contributed by atoms with van der Waals surface area (Å²) in [5.74, 6) is 0.990. The number of hydrogen-bond acceptors (Lipinski definition) is 6. The van der Waals surface area contributed by atoms with E-state index in [2.05, 4.69) is 20.5 Å². The van der Waals surface area contributed by atoms with Crippen LogP contribution in [0, 0.1) is 0 Å². The van der Waals surface area contributed by atoms with E-state index in [1.807, 2.05) is 43.7 Å². The van der Waals surface area contributed by atoms with Gasteiger partial charge >= 0.3 is 0 Å². The van der Waals surface area contributed by atoms with Crippen molar-refractivity contribution in [3.8, 4) is 5.75 Å². The zero-order valence-electron chi connectivity index (χ0n) is 14.0. The van der Waals surface area contributed by atoms with Gasteiger partial charge in [0.2, 0.25) is 11.1 Å². The van der Waals surface area contributed by atoms with Gasteiger partial charge in [0.05, 0.1) is 18.4 Å². The minimum Gasteiger partial charge on any atom is -0.497 e. The summed E-state index contributed by atoms with van der Waals surface area (Å²) in [7, 11) is 3.57.